The Balaban J connectivity index is 1.46. The van der Waals surface area contributed by atoms with Crippen LogP contribution < -0.4 is 5.32 Å². The van der Waals surface area contributed by atoms with Crippen LogP contribution in [0.5, 0.6) is 0 Å². The van der Waals surface area contributed by atoms with Crippen LogP contribution in [0.4, 0.5) is 4.79 Å². The zero-order chi connectivity index (χ0) is 16.9. The van der Waals surface area contributed by atoms with Crippen molar-refractivity contribution in [3.05, 3.63) is 46.7 Å². The molecule has 1 aliphatic rings. The molecule has 0 aliphatic carbocycles. The first-order valence-electron chi connectivity index (χ1n) is 8.24. The van der Waals surface area contributed by atoms with Gasteiger partial charge in [-0.2, -0.15) is 0 Å². The zero-order valence-electron chi connectivity index (χ0n) is 13.8. The molecule has 24 heavy (non-hydrogen) atoms. The van der Waals surface area contributed by atoms with Crippen molar-refractivity contribution < 1.29 is 4.79 Å². The van der Waals surface area contributed by atoms with E-state index in [2.05, 4.69) is 15.6 Å². The first kappa shape index (κ1) is 16.8. The molecule has 1 fully saturated rings. The quantitative estimate of drug-likeness (QED) is 0.925. The molecule has 0 radical (unpaired) electrons. The van der Waals surface area contributed by atoms with E-state index in [-0.39, 0.29) is 6.03 Å². The fourth-order valence-electron chi connectivity index (χ4n) is 3.03. The fourth-order valence-corrected chi connectivity index (χ4v) is 3.22. The number of benzene rings is 1. The molecular formula is C17H22ClN5O. The molecule has 3 rings (SSSR count). The maximum atomic E-state index is 12.3. The lowest BCUT2D eigenvalue weighted by Crippen LogP contribution is -2.44. The van der Waals surface area contributed by atoms with Gasteiger partial charge in [-0.15, -0.1) is 5.10 Å². The van der Waals surface area contributed by atoms with Crippen molar-refractivity contribution in [3.8, 4) is 0 Å². The molecule has 1 saturated heterocycles. The number of halogens is 1. The summed E-state index contributed by atoms with van der Waals surface area (Å²) in [6, 6.07) is 5.73. The highest BCUT2D eigenvalue weighted by atomic mass is 35.5. The molecule has 0 bridgehead atoms. The predicted octanol–water partition coefficient (Wildman–Crippen LogP) is 2.86. The van der Waals surface area contributed by atoms with Gasteiger partial charge < -0.3 is 10.2 Å². The van der Waals surface area contributed by atoms with Gasteiger partial charge in [0.25, 0.3) is 0 Å². The molecule has 128 valence electrons. The van der Waals surface area contributed by atoms with Gasteiger partial charge in [0, 0.05) is 37.4 Å². The number of hydrogen-bond donors (Lipinski definition) is 1. The SMILES string of the molecule is Cc1ccc(Cl)cc1CNC(=O)N1CCC(Cn2ccnn2)CC1. The standard InChI is InChI=1S/C17H22ClN5O/c1-13-2-3-16(18)10-15(13)11-19-17(24)22-7-4-14(5-8-22)12-23-9-6-20-21-23/h2-3,6,9-10,14H,4-5,7-8,11-12H2,1H3,(H,19,24). The van der Waals surface area contributed by atoms with Crippen LogP contribution in [0.2, 0.25) is 5.02 Å². The van der Waals surface area contributed by atoms with Crippen molar-refractivity contribution in [1.29, 1.82) is 0 Å². The third-order valence-corrected chi connectivity index (χ3v) is 4.80. The Morgan fingerprint density at radius 1 is 1.38 bits per heavy atom. The number of piperidine rings is 1. The van der Waals surface area contributed by atoms with E-state index in [0.29, 0.717) is 17.5 Å². The summed E-state index contributed by atoms with van der Waals surface area (Å²) in [7, 11) is 0. The Kier molecular flexibility index (Phi) is 5.35. The largest absolute Gasteiger partial charge is 0.334 e. The van der Waals surface area contributed by atoms with Crippen molar-refractivity contribution >= 4 is 17.6 Å². The van der Waals surface area contributed by atoms with Gasteiger partial charge in [-0.05, 0) is 48.9 Å². The van der Waals surface area contributed by atoms with Gasteiger partial charge in [0.05, 0.1) is 6.20 Å². The third kappa shape index (κ3) is 4.26. The number of aryl methyl sites for hydroxylation is 1. The third-order valence-electron chi connectivity index (χ3n) is 4.56. The van der Waals surface area contributed by atoms with Gasteiger partial charge in [-0.25, -0.2) is 4.79 Å². The first-order chi connectivity index (χ1) is 11.6. The number of aromatic nitrogens is 3. The van der Waals surface area contributed by atoms with Crippen LogP contribution in [0.1, 0.15) is 24.0 Å². The molecule has 0 unspecified atom stereocenters. The average Bonchev–Trinajstić information content (AvgIpc) is 3.09. The zero-order valence-corrected chi connectivity index (χ0v) is 14.5. The summed E-state index contributed by atoms with van der Waals surface area (Å²) in [5.74, 6) is 0.547. The maximum Gasteiger partial charge on any atom is 0.317 e. The molecule has 2 amide bonds. The minimum Gasteiger partial charge on any atom is -0.334 e. The van der Waals surface area contributed by atoms with Crippen molar-refractivity contribution in [2.75, 3.05) is 13.1 Å². The summed E-state index contributed by atoms with van der Waals surface area (Å²) in [5, 5.41) is 11.5. The van der Waals surface area contributed by atoms with Gasteiger partial charge in [-0.3, -0.25) is 4.68 Å². The second kappa shape index (κ2) is 7.66. The summed E-state index contributed by atoms with van der Waals surface area (Å²) < 4.78 is 1.86. The fraction of sp³-hybridized carbons (Fsp3) is 0.471. The molecule has 0 atom stereocenters. The Morgan fingerprint density at radius 2 is 2.17 bits per heavy atom. The second-order valence-electron chi connectivity index (χ2n) is 6.29. The number of hydrogen-bond acceptors (Lipinski definition) is 3. The van der Waals surface area contributed by atoms with Crippen molar-refractivity contribution in [2.45, 2.75) is 32.9 Å². The van der Waals surface area contributed by atoms with Gasteiger partial charge in [0.1, 0.15) is 0 Å². The summed E-state index contributed by atoms with van der Waals surface area (Å²) in [6.07, 6.45) is 5.56. The average molecular weight is 348 g/mol. The van der Waals surface area contributed by atoms with E-state index in [4.69, 9.17) is 11.6 Å². The highest BCUT2D eigenvalue weighted by Crippen LogP contribution is 2.19. The van der Waals surface area contributed by atoms with Crippen LogP contribution in [0.3, 0.4) is 0 Å². The summed E-state index contributed by atoms with van der Waals surface area (Å²) in [5.41, 5.74) is 2.18. The van der Waals surface area contributed by atoms with Gasteiger partial charge in [0.2, 0.25) is 0 Å². The molecule has 0 spiro atoms. The molecule has 0 saturated carbocycles. The molecule has 2 heterocycles. The molecule has 1 aromatic heterocycles. The van der Waals surface area contributed by atoms with Crippen LogP contribution in [0.25, 0.3) is 0 Å². The topological polar surface area (TPSA) is 63.1 Å². The van der Waals surface area contributed by atoms with Crippen LogP contribution in [0.15, 0.2) is 30.6 Å². The van der Waals surface area contributed by atoms with E-state index in [1.807, 2.05) is 40.9 Å². The lowest BCUT2D eigenvalue weighted by Gasteiger charge is -2.32. The smallest absolute Gasteiger partial charge is 0.317 e. The second-order valence-corrected chi connectivity index (χ2v) is 6.72. The number of carbonyl (C=O) groups is 1. The normalized spacial score (nSPS) is 15.5. The number of nitrogens with zero attached hydrogens (tertiary/aromatic N) is 4. The Bertz CT molecular complexity index is 680. The van der Waals surface area contributed by atoms with Crippen molar-refractivity contribution in [3.63, 3.8) is 0 Å². The van der Waals surface area contributed by atoms with Gasteiger partial charge in [-0.1, -0.05) is 22.9 Å². The minimum absolute atomic E-state index is 0.00594. The van der Waals surface area contributed by atoms with E-state index >= 15 is 0 Å². The predicted molar refractivity (Wildman–Crippen MR) is 92.7 cm³/mol. The molecular weight excluding hydrogens is 326 g/mol. The molecule has 6 nitrogen and oxygen atoms in total. The van der Waals surface area contributed by atoms with E-state index in [0.717, 1.165) is 43.6 Å². The number of nitrogens with one attached hydrogen (secondary N) is 1. The molecule has 2 aromatic rings. The van der Waals surface area contributed by atoms with E-state index in [1.165, 1.54) is 0 Å². The molecule has 1 N–H and O–H groups in total. The van der Waals surface area contributed by atoms with E-state index < -0.39 is 0 Å². The minimum atomic E-state index is -0.00594. The molecule has 1 aromatic carbocycles. The highest BCUT2D eigenvalue weighted by molar-refractivity contribution is 6.30. The number of amides is 2. The van der Waals surface area contributed by atoms with Crippen LogP contribution in [0, 0.1) is 12.8 Å². The van der Waals surface area contributed by atoms with Crippen LogP contribution in [-0.4, -0.2) is 39.0 Å². The Hall–Kier alpha value is -2.08. The van der Waals surface area contributed by atoms with Gasteiger partial charge in [0.15, 0.2) is 0 Å². The lowest BCUT2D eigenvalue weighted by molar-refractivity contribution is 0.163. The highest BCUT2D eigenvalue weighted by Gasteiger charge is 2.23. The lowest BCUT2D eigenvalue weighted by atomic mass is 9.97. The monoisotopic (exact) mass is 347 g/mol. The summed E-state index contributed by atoms with van der Waals surface area (Å²) in [4.78, 5) is 14.2. The van der Waals surface area contributed by atoms with Crippen LogP contribution >= 0.6 is 11.6 Å². The number of urea groups is 1. The summed E-state index contributed by atoms with van der Waals surface area (Å²) >= 11 is 6.02. The van der Waals surface area contributed by atoms with E-state index in [9.17, 15) is 4.79 Å². The first-order valence-corrected chi connectivity index (χ1v) is 8.61. The Morgan fingerprint density at radius 3 is 2.88 bits per heavy atom. The Labute approximate surface area is 146 Å². The molecule has 1 aliphatic heterocycles. The summed E-state index contributed by atoms with van der Waals surface area (Å²) in [6.45, 7) is 4.95. The molecule has 7 heteroatoms. The van der Waals surface area contributed by atoms with Crippen LogP contribution in [-0.2, 0) is 13.1 Å². The number of likely N-dealkylation sites (tertiary alicyclic amines) is 1. The van der Waals surface area contributed by atoms with E-state index in [1.54, 1.807) is 6.20 Å². The number of rotatable bonds is 4. The maximum absolute atomic E-state index is 12.3. The van der Waals surface area contributed by atoms with Gasteiger partial charge >= 0.3 is 6.03 Å². The number of carbonyl (C=O) groups excluding carboxylic acids is 1. The van der Waals surface area contributed by atoms with Crippen molar-refractivity contribution in [2.24, 2.45) is 5.92 Å². The van der Waals surface area contributed by atoms with Crippen molar-refractivity contribution in [1.82, 2.24) is 25.2 Å².